The Hall–Kier alpha value is -0.123. The maximum absolute atomic E-state index is 5.79. The molecule has 1 rings (SSSR count). The van der Waals surface area contributed by atoms with E-state index >= 15 is 0 Å². The third-order valence-electron chi connectivity index (χ3n) is 2.18. The summed E-state index contributed by atoms with van der Waals surface area (Å²) in [6.45, 7) is 7.46. The van der Waals surface area contributed by atoms with Gasteiger partial charge in [0.05, 0.1) is 0 Å². The van der Waals surface area contributed by atoms with E-state index in [2.05, 4.69) is 6.58 Å². The zero-order valence-electron chi connectivity index (χ0n) is 7.84. The lowest BCUT2D eigenvalue weighted by atomic mass is 10.4. The first-order chi connectivity index (χ1) is 5.83. The van der Waals surface area contributed by atoms with E-state index in [1.807, 2.05) is 13.0 Å². The van der Waals surface area contributed by atoms with Crippen LogP contribution >= 0.6 is 0 Å². The molecule has 1 aliphatic heterocycles. The van der Waals surface area contributed by atoms with Gasteiger partial charge in [-0.2, -0.15) is 0 Å². The monoisotopic (exact) mass is 186 g/mol. The molecule has 0 aromatic carbocycles. The number of rotatable bonds is 4. The lowest BCUT2D eigenvalue weighted by molar-refractivity contribution is 0.157. The summed E-state index contributed by atoms with van der Waals surface area (Å²) in [6.07, 6.45) is 4.40. The number of hydrogen-bond donors (Lipinski definition) is 0. The molecule has 0 radical (unpaired) electrons. The van der Waals surface area contributed by atoms with E-state index in [1.54, 1.807) is 0 Å². The fourth-order valence-electron chi connectivity index (χ4n) is 1.64. The third-order valence-corrected chi connectivity index (χ3v) is 5.75. The Labute approximate surface area is 75.8 Å². The molecule has 0 bridgehead atoms. The van der Waals surface area contributed by atoms with Crippen molar-refractivity contribution >= 4 is 8.56 Å². The van der Waals surface area contributed by atoms with Gasteiger partial charge < -0.3 is 8.85 Å². The Bertz CT molecular complexity index is 136. The predicted molar refractivity (Wildman–Crippen MR) is 52.4 cm³/mol. The Morgan fingerprint density at radius 3 is 2.92 bits per heavy atom. The molecule has 1 atom stereocenters. The van der Waals surface area contributed by atoms with Crippen molar-refractivity contribution in [2.24, 2.45) is 0 Å². The molecule has 1 saturated heterocycles. The summed E-state index contributed by atoms with van der Waals surface area (Å²) in [5.74, 6) is 0. The largest absolute Gasteiger partial charge is 0.394 e. The van der Waals surface area contributed by atoms with Gasteiger partial charge in [0.25, 0.3) is 0 Å². The Kier molecular flexibility index (Phi) is 3.98. The topological polar surface area (TPSA) is 18.5 Å². The van der Waals surface area contributed by atoms with Crippen LogP contribution in [0.15, 0.2) is 12.7 Å². The average molecular weight is 186 g/mol. The first kappa shape index (κ1) is 9.96. The molecule has 1 heterocycles. The Balaban J connectivity index is 2.49. The molecule has 1 aliphatic rings. The van der Waals surface area contributed by atoms with Gasteiger partial charge >= 0.3 is 8.56 Å². The first-order valence-electron chi connectivity index (χ1n) is 4.72. The van der Waals surface area contributed by atoms with Gasteiger partial charge in [0.15, 0.2) is 0 Å². The van der Waals surface area contributed by atoms with E-state index in [4.69, 9.17) is 8.85 Å². The van der Waals surface area contributed by atoms with E-state index < -0.39 is 8.56 Å². The lowest BCUT2D eigenvalue weighted by Crippen LogP contribution is -2.44. The zero-order valence-corrected chi connectivity index (χ0v) is 8.84. The molecule has 1 unspecified atom stereocenters. The summed E-state index contributed by atoms with van der Waals surface area (Å²) in [7, 11) is -1.80. The van der Waals surface area contributed by atoms with Gasteiger partial charge in [0, 0.05) is 19.3 Å². The van der Waals surface area contributed by atoms with Gasteiger partial charge in [-0.25, -0.2) is 0 Å². The molecule has 0 N–H and O–H groups in total. The van der Waals surface area contributed by atoms with Crippen molar-refractivity contribution < 1.29 is 8.85 Å². The van der Waals surface area contributed by atoms with Gasteiger partial charge in [-0.1, -0.05) is 6.08 Å². The van der Waals surface area contributed by atoms with Crippen molar-refractivity contribution in [1.82, 2.24) is 0 Å². The second-order valence-electron chi connectivity index (χ2n) is 3.14. The molecule has 0 amide bonds. The molecule has 0 aromatic rings. The van der Waals surface area contributed by atoms with Crippen LogP contribution in [0.3, 0.4) is 0 Å². The van der Waals surface area contributed by atoms with E-state index in [9.17, 15) is 0 Å². The third kappa shape index (κ3) is 2.44. The SMILES string of the molecule is C=CC[Si]1(OCC)CCCCO1. The van der Waals surface area contributed by atoms with Crippen LogP contribution in [0.5, 0.6) is 0 Å². The van der Waals surface area contributed by atoms with Crippen LogP contribution in [0.2, 0.25) is 12.1 Å². The van der Waals surface area contributed by atoms with Crippen LogP contribution in [0, 0.1) is 0 Å². The highest BCUT2D eigenvalue weighted by Gasteiger charge is 2.37. The van der Waals surface area contributed by atoms with Crippen molar-refractivity contribution in [3.63, 3.8) is 0 Å². The zero-order chi connectivity index (χ0) is 8.86. The smallest absolute Gasteiger partial charge is 0.342 e. The Morgan fingerprint density at radius 2 is 2.42 bits per heavy atom. The predicted octanol–water partition coefficient (Wildman–Crippen LogP) is 2.46. The van der Waals surface area contributed by atoms with Crippen molar-refractivity contribution in [3.8, 4) is 0 Å². The maximum Gasteiger partial charge on any atom is 0.342 e. The van der Waals surface area contributed by atoms with E-state index in [0.29, 0.717) is 0 Å². The number of hydrogen-bond acceptors (Lipinski definition) is 2. The van der Waals surface area contributed by atoms with Gasteiger partial charge in [0.2, 0.25) is 0 Å². The minimum Gasteiger partial charge on any atom is -0.394 e. The van der Waals surface area contributed by atoms with Crippen molar-refractivity contribution in [2.45, 2.75) is 31.9 Å². The Morgan fingerprint density at radius 1 is 1.58 bits per heavy atom. The van der Waals surface area contributed by atoms with Gasteiger partial charge in [-0.3, -0.25) is 0 Å². The second-order valence-corrected chi connectivity index (χ2v) is 6.45. The minimum atomic E-state index is -1.80. The van der Waals surface area contributed by atoms with E-state index in [0.717, 1.165) is 25.3 Å². The molecule has 0 spiro atoms. The van der Waals surface area contributed by atoms with Crippen molar-refractivity contribution in [2.75, 3.05) is 13.2 Å². The normalized spacial score (nSPS) is 30.1. The van der Waals surface area contributed by atoms with Gasteiger partial charge in [0.1, 0.15) is 0 Å². The molecule has 12 heavy (non-hydrogen) atoms. The van der Waals surface area contributed by atoms with Crippen LogP contribution in [0.1, 0.15) is 19.8 Å². The van der Waals surface area contributed by atoms with Crippen LogP contribution < -0.4 is 0 Å². The summed E-state index contributed by atoms with van der Waals surface area (Å²) >= 11 is 0. The molecule has 1 fully saturated rings. The molecule has 3 heteroatoms. The summed E-state index contributed by atoms with van der Waals surface area (Å²) < 4.78 is 11.5. The first-order valence-corrected chi connectivity index (χ1v) is 6.95. The highest BCUT2D eigenvalue weighted by atomic mass is 28.4. The van der Waals surface area contributed by atoms with Crippen LogP contribution in [0.4, 0.5) is 0 Å². The summed E-state index contributed by atoms with van der Waals surface area (Å²) in [5, 5.41) is 0. The lowest BCUT2D eigenvalue weighted by Gasteiger charge is -2.32. The quantitative estimate of drug-likeness (QED) is 0.496. The van der Waals surface area contributed by atoms with Crippen LogP contribution in [0.25, 0.3) is 0 Å². The second kappa shape index (κ2) is 4.79. The summed E-state index contributed by atoms with van der Waals surface area (Å²) in [6, 6.07) is 2.09. The van der Waals surface area contributed by atoms with Gasteiger partial charge in [-0.05, 0) is 25.8 Å². The highest BCUT2D eigenvalue weighted by molar-refractivity contribution is 6.68. The van der Waals surface area contributed by atoms with Gasteiger partial charge in [-0.15, -0.1) is 6.58 Å². The highest BCUT2D eigenvalue weighted by Crippen LogP contribution is 2.26. The molecular formula is C9H18O2Si. The maximum atomic E-state index is 5.79. The molecule has 2 nitrogen and oxygen atoms in total. The fraction of sp³-hybridized carbons (Fsp3) is 0.778. The minimum absolute atomic E-state index is 0.778. The molecule has 0 aliphatic carbocycles. The average Bonchev–Trinajstić information content (AvgIpc) is 2.07. The summed E-state index contributed by atoms with van der Waals surface area (Å²) in [5.41, 5.74) is 0. The van der Waals surface area contributed by atoms with E-state index in [-0.39, 0.29) is 0 Å². The fourth-order valence-corrected chi connectivity index (χ4v) is 4.73. The molecule has 0 aromatic heterocycles. The van der Waals surface area contributed by atoms with Crippen LogP contribution in [-0.2, 0) is 8.85 Å². The van der Waals surface area contributed by atoms with E-state index in [1.165, 1.54) is 12.8 Å². The van der Waals surface area contributed by atoms with Crippen molar-refractivity contribution in [1.29, 1.82) is 0 Å². The molecule has 70 valence electrons. The van der Waals surface area contributed by atoms with Crippen molar-refractivity contribution in [3.05, 3.63) is 12.7 Å². The molecular weight excluding hydrogens is 168 g/mol. The summed E-state index contributed by atoms with van der Waals surface area (Å²) in [4.78, 5) is 0. The van der Waals surface area contributed by atoms with Crippen LogP contribution in [-0.4, -0.2) is 21.8 Å². The number of allylic oxidation sites excluding steroid dienone is 1. The molecule has 0 saturated carbocycles. The standard InChI is InChI=1S/C9H18O2Si/c1-3-8-12(10-4-2)9-6-5-7-11-12/h3H,1,4-9H2,2H3.